The highest BCUT2D eigenvalue weighted by Crippen LogP contribution is 2.12. The van der Waals surface area contributed by atoms with Gasteiger partial charge in [0.25, 0.3) is 0 Å². The lowest BCUT2D eigenvalue weighted by atomic mass is 10.1. The Morgan fingerprint density at radius 2 is 2.22 bits per heavy atom. The van der Waals surface area contributed by atoms with Crippen molar-refractivity contribution in [2.75, 3.05) is 13.1 Å². The topological polar surface area (TPSA) is 67.1 Å². The number of benzene rings is 1. The van der Waals surface area contributed by atoms with Crippen LogP contribution >= 0.6 is 15.9 Å². The highest BCUT2D eigenvalue weighted by molar-refractivity contribution is 9.10. The van der Waals surface area contributed by atoms with E-state index in [-0.39, 0.29) is 0 Å². The summed E-state index contributed by atoms with van der Waals surface area (Å²) in [6.45, 7) is 4.27. The first kappa shape index (κ1) is 17.5. The summed E-state index contributed by atoms with van der Waals surface area (Å²) in [6, 6.07) is 8.43. The van der Waals surface area contributed by atoms with Crippen LogP contribution in [0.3, 0.4) is 0 Å². The average Bonchev–Trinajstić information content (AvgIpc) is 2.94. The van der Waals surface area contributed by atoms with Crippen LogP contribution < -0.4 is 10.6 Å². The number of nitrogens with zero attached hydrogens (tertiary/aromatic N) is 4. The third kappa shape index (κ3) is 6.02. The Balaban J connectivity index is 1.79. The third-order valence-corrected chi connectivity index (χ3v) is 3.84. The molecule has 0 fully saturated rings. The van der Waals surface area contributed by atoms with E-state index >= 15 is 0 Å². The van der Waals surface area contributed by atoms with Crippen LogP contribution in [0.1, 0.15) is 24.7 Å². The fourth-order valence-corrected chi connectivity index (χ4v) is 2.59. The van der Waals surface area contributed by atoms with Crippen LogP contribution in [0, 0.1) is 0 Å². The number of nitrogens with one attached hydrogen (secondary N) is 2. The molecule has 7 heteroatoms. The van der Waals surface area contributed by atoms with E-state index in [1.54, 1.807) is 11.0 Å². The third-order valence-electron chi connectivity index (χ3n) is 3.35. The molecular weight excluding hydrogens is 356 g/mol. The number of hydrogen-bond acceptors (Lipinski definition) is 3. The molecule has 0 radical (unpaired) electrons. The fourth-order valence-electron chi connectivity index (χ4n) is 2.15. The van der Waals surface area contributed by atoms with Crippen LogP contribution in [0.15, 0.2) is 40.1 Å². The number of aryl methyl sites for hydroxylation is 2. The average molecular weight is 379 g/mol. The number of hydrogen-bond donors (Lipinski definition) is 2. The summed E-state index contributed by atoms with van der Waals surface area (Å²) in [5.41, 5.74) is 1.34. The lowest BCUT2D eigenvalue weighted by Gasteiger charge is -2.11. The second-order valence-corrected chi connectivity index (χ2v) is 6.07. The molecule has 6 nitrogen and oxygen atoms in total. The van der Waals surface area contributed by atoms with Crippen molar-refractivity contribution in [3.63, 3.8) is 0 Å². The zero-order valence-electron chi connectivity index (χ0n) is 13.6. The highest BCUT2D eigenvalue weighted by atomic mass is 79.9. The molecule has 2 rings (SSSR count). The van der Waals surface area contributed by atoms with Crippen molar-refractivity contribution in [1.82, 2.24) is 25.4 Å². The van der Waals surface area contributed by atoms with Gasteiger partial charge >= 0.3 is 0 Å². The minimum absolute atomic E-state index is 0.511. The fraction of sp³-hybridized carbons (Fsp3) is 0.438. The van der Waals surface area contributed by atoms with Gasteiger partial charge in [0.2, 0.25) is 0 Å². The molecule has 0 amide bonds. The number of halogens is 1. The van der Waals surface area contributed by atoms with E-state index in [1.165, 1.54) is 5.56 Å². The molecule has 2 N–H and O–H groups in total. The Morgan fingerprint density at radius 1 is 1.35 bits per heavy atom. The van der Waals surface area contributed by atoms with Crippen LogP contribution in [0.2, 0.25) is 0 Å². The lowest BCUT2D eigenvalue weighted by molar-refractivity contribution is 0.694. The molecule has 2 aromatic rings. The predicted octanol–water partition coefficient (Wildman–Crippen LogP) is 2.27. The first-order valence-corrected chi connectivity index (χ1v) is 8.58. The van der Waals surface area contributed by atoms with Gasteiger partial charge in [-0.1, -0.05) is 28.1 Å². The minimum atomic E-state index is 0.511. The summed E-state index contributed by atoms with van der Waals surface area (Å²) in [6.07, 6.45) is 3.63. The van der Waals surface area contributed by atoms with E-state index < -0.39 is 0 Å². The molecule has 1 heterocycles. The molecule has 0 saturated heterocycles. The van der Waals surface area contributed by atoms with Gasteiger partial charge in [-0.15, -0.1) is 0 Å². The van der Waals surface area contributed by atoms with Crippen molar-refractivity contribution >= 4 is 21.9 Å². The number of aliphatic imine (C=N–C) groups is 1. The molecule has 0 atom stereocenters. The monoisotopic (exact) mass is 378 g/mol. The predicted molar refractivity (Wildman–Crippen MR) is 96.3 cm³/mol. The van der Waals surface area contributed by atoms with Crippen molar-refractivity contribution in [3.05, 3.63) is 46.5 Å². The van der Waals surface area contributed by atoms with Crippen molar-refractivity contribution in [3.8, 4) is 0 Å². The lowest BCUT2D eigenvalue weighted by Crippen LogP contribution is -2.38. The van der Waals surface area contributed by atoms with Gasteiger partial charge in [0, 0.05) is 24.6 Å². The van der Waals surface area contributed by atoms with E-state index in [1.807, 2.05) is 13.1 Å². The largest absolute Gasteiger partial charge is 0.357 e. The summed E-state index contributed by atoms with van der Waals surface area (Å²) >= 11 is 3.50. The molecule has 0 aliphatic carbocycles. The maximum absolute atomic E-state index is 4.54. The molecule has 1 aromatic carbocycles. The quantitative estimate of drug-likeness (QED) is 0.440. The number of guanidine groups is 1. The zero-order valence-corrected chi connectivity index (χ0v) is 15.2. The Hall–Kier alpha value is -1.89. The van der Waals surface area contributed by atoms with Gasteiger partial charge in [-0.3, -0.25) is 4.68 Å². The summed E-state index contributed by atoms with van der Waals surface area (Å²) in [5.74, 6) is 1.65. The molecular formula is C16H23BrN6. The van der Waals surface area contributed by atoms with Gasteiger partial charge in [-0.05, 0) is 37.5 Å². The van der Waals surface area contributed by atoms with Crippen molar-refractivity contribution in [2.45, 2.75) is 26.3 Å². The molecule has 124 valence electrons. The molecule has 0 spiro atoms. The second kappa shape index (κ2) is 9.29. The Kier molecular flexibility index (Phi) is 7.06. The van der Waals surface area contributed by atoms with Crippen LogP contribution in [-0.2, 0) is 20.0 Å². The maximum atomic E-state index is 4.54. The normalized spacial score (nSPS) is 11.5. The van der Waals surface area contributed by atoms with Crippen molar-refractivity contribution < 1.29 is 0 Å². The van der Waals surface area contributed by atoms with Crippen molar-refractivity contribution in [1.29, 1.82) is 0 Å². The van der Waals surface area contributed by atoms with Gasteiger partial charge < -0.3 is 10.6 Å². The van der Waals surface area contributed by atoms with E-state index in [4.69, 9.17) is 0 Å². The first-order chi connectivity index (χ1) is 11.2. The number of rotatable bonds is 7. The Morgan fingerprint density at radius 3 is 2.91 bits per heavy atom. The molecule has 0 unspecified atom stereocenters. The standard InChI is InChI=1S/C16H23BrN6/c1-3-18-16(20-11-15-21-12-22-23(15)2)19-9-5-7-13-6-4-8-14(17)10-13/h4,6,8,10,12H,3,5,7,9,11H2,1-2H3,(H2,18,19,20). The van der Waals surface area contributed by atoms with Gasteiger partial charge in [0.15, 0.2) is 5.96 Å². The van der Waals surface area contributed by atoms with Crippen LogP contribution in [-0.4, -0.2) is 33.8 Å². The maximum Gasteiger partial charge on any atom is 0.191 e. The highest BCUT2D eigenvalue weighted by Gasteiger charge is 2.01. The molecule has 1 aromatic heterocycles. The van der Waals surface area contributed by atoms with Crippen molar-refractivity contribution in [2.24, 2.45) is 12.0 Å². The molecule has 0 saturated carbocycles. The van der Waals surface area contributed by atoms with Crippen LogP contribution in [0.4, 0.5) is 0 Å². The summed E-state index contributed by atoms with van der Waals surface area (Å²) < 4.78 is 2.86. The zero-order chi connectivity index (χ0) is 16.5. The van der Waals surface area contributed by atoms with Gasteiger partial charge in [0.05, 0.1) is 0 Å². The molecule has 23 heavy (non-hydrogen) atoms. The summed E-state index contributed by atoms with van der Waals surface area (Å²) in [7, 11) is 1.87. The molecule has 0 aliphatic rings. The van der Waals surface area contributed by atoms with Crippen LogP contribution in [0.25, 0.3) is 0 Å². The smallest absolute Gasteiger partial charge is 0.191 e. The summed E-state index contributed by atoms with van der Waals surface area (Å²) in [5, 5.41) is 10.7. The second-order valence-electron chi connectivity index (χ2n) is 5.16. The molecule has 0 aliphatic heterocycles. The van der Waals surface area contributed by atoms with E-state index in [2.05, 4.69) is 66.8 Å². The SMILES string of the molecule is CCNC(=NCc1ncnn1C)NCCCc1cccc(Br)c1. The van der Waals surface area contributed by atoms with Crippen LogP contribution in [0.5, 0.6) is 0 Å². The Bertz CT molecular complexity index is 637. The Labute approximate surface area is 145 Å². The van der Waals surface area contributed by atoms with E-state index in [9.17, 15) is 0 Å². The van der Waals surface area contributed by atoms with E-state index in [0.29, 0.717) is 6.54 Å². The van der Waals surface area contributed by atoms with Gasteiger partial charge in [-0.2, -0.15) is 5.10 Å². The molecule has 0 bridgehead atoms. The van der Waals surface area contributed by atoms with Gasteiger partial charge in [0.1, 0.15) is 18.7 Å². The van der Waals surface area contributed by atoms with Gasteiger partial charge in [-0.25, -0.2) is 9.98 Å². The van der Waals surface area contributed by atoms with E-state index in [0.717, 1.165) is 42.2 Å². The summed E-state index contributed by atoms with van der Waals surface area (Å²) in [4.78, 5) is 8.72. The first-order valence-electron chi connectivity index (χ1n) is 7.78. The number of aromatic nitrogens is 3. The minimum Gasteiger partial charge on any atom is -0.357 e.